The van der Waals surface area contributed by atoms with Gasteiger partial charge in [-0.2, -0.15) is 0 Å². The van der Waals surface area contributed by atoms with E-state index in [4.69, 9.17) is 4.74 Å². The van der Waals surface area contributed by atoms with E-state index in [9.17, 15) is 9.59 Å². The lowest BCUT2D eigenvalue weighted by Gasteiger charge is -2.27. The van der Waals surface area contributed by atoms with Gasteiger partial charge in [0.2, 0.25) is 5.91 Å². The molecule has 0 N–H and O–H groups in total. The van der Waals surface area contributed by atoms with E-state index < -0.39 is 11.7 Å². The van der Waals surface area contributed by atoms with Crippen LogP contribution in [-0.4, -0.2) is 28.5 Å². The quantitative estimate of drug-likeness (QED) is 0.621. The van der Waals surface area contributed by atoms with E-state index in [-0.39, 0.29) is 11.9 Å². The van der Waals surface area contributed by atoms with E-state index >= 15 is 0 Å². The van der Waals surface area contributed by atoms with Crippen LogP contribution in [0.25, 0.3) is 0 Å². The average molecular weight is 331 g/mol. The summed E-state index contributed by atoms with van der Waals surface area (Å²) in [5.74, 6) is -0.154. The Kier molecular flexibility index (Phi) is 7.69. The Morgan fingerprint density at radius 3 is 2.62 bits per heavy atom. The molecule has 0 bridgehead atoms. The van der Waals surface area contributed by atoms with E-state index in [0.29, 0.717) is 19.3 Å². The number of amides is 2. The lowest BCUT2D eigenvalue weighted by molar-refractivity contribution is -0.128. The number of ether oxygens (including phenoxy) is 1. The van der Waals surface area contributed by atoms with Gasteiger partial charge in [-0.3, -0.25) is 4.79 Å². The number of imide groups is 1. The van der Waals surface area contributed by atoms with Crippen molar-refractivity contribution < 1.29 is 14.3 Å². The Hall–Kier alpha value is -2.10. The first kappa shape index (κ1) is 19.9. The molecule has 4 heteroatoms. The molecule has 0 unspecified atom stereocenters. The van der Waals surface area contributed by atoms with Crippen molar-refractivity contribution in [3.05, 3.63) is 49.1 Å². The lowest BCUT2D eigenvalue weighted by atomic mass is 9.99. The normalized spacial score (nSPS) is 19.0. The molecule has 1 fully saturated rings. The highest BCUT2D eigenvalue weighted by atomic mass is 16.6. The number of nitrogens with zero attached hydrogens (tertiary/aromatic N) is 1. The molecule has 0 aromatic heterocycles. The predicted molar refractivity (Wildman–Crippen MR) is 97.6 cm³/mol. The summed E-state index contributed by atoms with van der Waals surface area (Å²) in [6.45, 7) is 12.8. The monoisotopic (exact) mass is 331 g/mol. The molecule has 0 saturated carbocycles. The van der Waals surface area contributed by atoms with Crippen LogP contribution in [0.1, 0.15) is 52.9 Å². The van der Waals surface area contributed by atoms with Crippen molar-refractivity contribution in [2.45, 2.75) is 64.5 Å². The Morgan fingerprint density at radius 1 is 1.33 bits per heavy atom. The highest BCUT2D eigenvalue weighted by Gasteiger charge is 2.38. The third-order valence-electron chi connectivity index (χ3n) is 3.67. The molecule has 24 heavy (non-hydrogen) atoms. The SMILES string of the molecule is C=C/C=C\CC/C(=C\C=C)C[C@@H]1CCC(=O)N1C(=O)OC(C)(C)C. The summed E-state index contributed by atoms with van der Waals surface area (Å²) < 4.78 is 5.38. The molecule has 1 aliphatic heterocycles. The number of hydrogen-bond acceptors (Lipinski definition) is 3. The van der Waals surface area contributed by atoms with Crippen molar-refractivity contribution in [1.82, 2.24) is 4.90 Å². The van der Waals surface area contributed by atoms with Crippen LogP contribution < -0.4 is 0 Å². The minimum Gasteiger partial charge on any atom is -0.443 e. The molecule has 2 amide bonds. The molecule has 0 aromatic rings. The molecule has 0 radical (unpaired) electrons. The highest BCUT2D eigenvalue weighted by Crippen LogP contribution is 2.28. The maximum atomic E-state index is 12.3. The summed E-state index contributed by atoms with van der Waals surface area (Å²) >= 11 is 0. The lowest BCUT2D eigenvalue weighted by Crippen LogP contribution is -2.42. The van der Waals surface area contributed by atoms with E-state index in [1.165, 1.54) is 10.5 Å². The zero-order chi connectivity index (χ0) is 18.2. The average Bonchev–Trinajstić information content (AvgIpc) is 2.82. The maximum absolute atomic E-state index is 12.3. The highest BCUT2D eigenvalue weighted by molar-refractivity contribution is 5.94. The van der Waals surface area contributed by atoms with Crippen LogP contribution in [0.4, 0.5) is 4.79 Å². The van der Waals surface area contributed by atoms with Crippen LogP contribution in [0.15, 0.2) is 49.1 Å². The summed E-state index contributed by atoms with van der Waals surface area (Å²) in [5.41, 5.74) is 0.562. The summed E-state index contributed by atoms with van der Waals surface area (Å²) in [5, 5.41) is 0. The summed E-state index contributed by atoms with van der Waals surface area (Å²) in [4.78, 5) is 25.7. The van der Waals surface area contributed by atoms with Crippen LogP contribution in [0.3, 0.4) is 0 Å². The number of carbonyl (C=O) groups excluding carboxylic acids is 2. The molecule has 1 aliphatic rings. The molecule has 1 atom stereocenters. The van der Waals surface area contributed by atoms with Crippen LogP contribution in [0.5, 0.6) is 0 Å². The van der Waals surface area contributed by atoms with Crippen LogP contribution in [0.2, 0.25) is 0 Å². The van der Waals surface area contributed by atoms with Crippen molar-refractivity contribution in [1.29, 1.82) is 0 Å². The first-order valence-corrected chi connectivity index (χ1v) is 8.41. The van der Waals surface area contributed by atoms with Crippen molar-refractivity contribution in [2.24, 2.45) is 0 Å². The van der Waals surface area contributed by atoms with Gasteiger partial charge in [-0.1, -0.05) is 49.1 Å². The van der Waals surface area contributed by atoms with Gasteiger partial charge in [-0.15, -0.1) is 0 Å². The first-order valence-electron chi connectivity index (χ1n) is 8.41. The maximum Gasteiger partial charge on any atom is 0.417 e. The molecule has 1 saturated heterocycles. The van der Waals surface area contributed by atoms with Gasteiger partial charge in [0.15, 0.2) is 0 Å². The number of hydrogen-bond donors (Lipinski definition) is 0. The van der Waals surface area contributed by atoms with Gasteiger partial charge in [-0.25, -0.2) is 9.69 Å². The number of carbonyl (C=O) groups is 2. The standard InChI is InChI=1S/C20H29NO3/c1-6-8-9-10-12-16(11-7-2)15-17-13-14-18(22)21(17)19(23)24-20(3,4)5/h6-9,11,17H,1-2,10,12-15H2,3-5H3/b9-8-,16-11+/t17-/m0/s1. The number of allylic oxidation sites excluding steroid dienone is 5. The minimum atomic E-state index is -0.611. The van der Waals surface area contributed by atoms with Crippen molar-refractivity contribution in [2.75, 3.05) is 0 Å². The minimum absolute atomic E-state index is 0.137. The van der Waals surface area contributed by atoms with Crippen LogP contribution in [0, 0.1) is 0 Å². The molecular weight excluding hydrogens is 302 g/mol. The van der Waals surface area contributed by atoms with Gasteiger partial charge < -0.3 is 4.74 Å². The van der Waals surface area contributed by atoms with E-state index in [1.807, 2.05) is 12.2 Å². The Morgan fingerprint density at radius 2 is 2.04 bits per heavy atom. The summed E-state index contributed by atoms with van der Waals surface area (Å²) in [7, 11) is 0. The fourth-order valence-corrected chi connectivity index (χ4v) is 2.68. The summed E-state index contributed by atoms with van der Waals surface area (Å²) in [6.07, 6.45) is 12.4. The Bertz CT molecular complexity index is 538. The third kappa shape index (κ3) is 6.57. The van der Waals surface area contributed by atoms with Crippen molar-refractivity contribution in [3.8, 4) is 0 Å². The van der Waals surface area contributed by atoms with Crippen LogP contribution >= 0.6 is 0 Å². The molecular formula is C20H29NO3. The van der Waals surface area contributed by atoms with Gasteiger partial charge in [-0.05, 0) is 46.5 Å². The smallest absolute Gasteiger partial charge is 0.417 e. The largest absolute Gasteiger partial charge is 0.443 e. The van der Waals surface area contributed by atoms with Gasteiger partial charge in [0.05, 0.1) is 0 Å². The molecule has 4 nitrogen and oxygen atoms in total. The van der Waals surface area contributed by atoms with Gasteiger partial charge in [0, 0.05) is 12.5 Å². The predicted octanol–water partition coefficient (Wildman–Crippen LogP) is 4.94. The molecule has 132 valence electrons. The molecule has 1 heterocycles. The zero-order valence-electron chi connectivity index (χ0n) is 15.1. The fourth-order valence-electron chi connectivity index (χ4n) is 2.68. The third-order valence-corrected chi connectivity index (χ3v) is 3.67. The van der Waals surface area contributed by atoms with Crippen molar-refractivity contribution in [3.63, 3.8) is 0 Å². The molecule has 1 rings (SSSR count). The van der Waals surface area contributed by atoms with Crippen LogP contribution in [-0.2, 0) is 9.53 Å². The van der Waals surface area contributed by atoms with Gasteiger partial charge >= 0.3 is 6.09 Å². The first-order chi connectivity index (χ1) is 11.3. The Balaban J connectivity index is 2.77. The van der Waals surface area contributed by atoms with E-state index in [1.54, 1.807) is 32.9 Å². The summed E-state index contributed by atoms with van der Waals surface area (Å²) in [6, 6.07) is -0.137. The zero-order valence-corrected chi connectivity index (χ0v) is 15.1. The second-order valence-electron chi connectivity index (χ2n) is 6.90. The number of likely N-dealkylation sites (tertiary alicyclic amines) is 1. The van der Waals surface area contributed by atoms with Crippen molar-refractivity contribution >= 4 is 12.0 Å². The molecule has 0 aliphatic carbocycles. The van der Waals surface area contributed by atoms with Gasteiger partial charge in [0.25, 0.3) is 0 Å². The Labute approximate surface area is 145 Å². The van der Waals surface area contributed by atoms with E-state index in [0.717, 1.165) is 12.8 Å². The molecule has 0 spiro atoms. The van der Waals surface area contributed by atoms with E-state index in [2.05, 4.69) is 19.2 Å². The molecule has 0 aromatic carbocycles. The second kappa shape index (κ2) is 9.26. The second-order valence-corrected chi connectivity index (χ2v) is 6.90. The topological polar surface area (TPSA) is 46.6 Å². The number of rotatable bonds is 7. The fraction of sp³-hybridized carbons (Fsp3) is 0.500. The van der Waals surface area contributed by atoms with Gasteiger partial charge in [0.1, 0.15) is 5.60 Å².